The van der Waals surface area contributed by atoms with Crippen LogP contribution in [0.1, 0.15) is 19.4 Å². The molecule has 1 heterocycles. The van der Waals surface area contributed by atoms with Gasteiger partial charge in [0, 0.05) is 12.1 Å². The summed E-state index contributed by atoms with van der Waals surface area (Å²) >= 11 is 6.99. The van der Waals surface area contributed by atoms with E-state index in [0.29, 0.717) is 16.6 Å². The van der Waals surface area contributed by atoms with Crippen LogP contribution in [0.25, 0.3) is 11.0 Å². The van der Waals surface area contributed by atoms with Crippen molar-refractivity contribution in [3.05, 3.63) is 23.0 Å². The van der Waals surface area contributed by atoms with Crippen molar-refractivity contribution in [2.24, 2.45) is 5.92 Å². The average Bonchev–Trinajstić information content (AvgIpc) is 2.98. The molecule has 0 spiro atoms. The molecule has 7 heteroatoms. The van der Waals surface area contributed by atoms with Crippen molar-refractivity contribution >= 4 is 40.4 Å². The number of rotatable bonds is 4. The summed E-state index contributed by atoms with van der Waals surface area (Å²) < 4.78 is 15.5. The van der Waals surface area contributed by atoms with Crippen molar-refractivity contribution in [3.8, 4) is 0 Å². The van der Waals surface area contributed by atoms with Crippen molar-refractivity contribution in [3.63, 3.8) is 0 Å². The van der Waals surface area contributed by atoms with E-state index in [4.69, 9.17) is 16.7 Å². The summed E-state index contributed by atoms with van der Waals surface area (Å²) in [4.78, 5) is 15.1. The Hall–Kier alpha value is -1.27. The quantitative estimate of drug-likeness (QED) is 0.876. The van der Waals surface area contributed by atoms with Gasteiger partial charge < -0.3 is 9.67 Å². The van der Waals surface area contributed by atoms with E-state index in [9.17, 15) is 9.18 Å². The molecule has 1 saturated carbocycles. The van der Waals surface area contributed by atoms with Gasteiger partial charge in [0.05, 0.1) is 21.8 Å². The van der Waals surface area contributed by atoms with E-state index in [1.165, 1.54) is 6.07 Å². The third kappa shape index (κ3) is 2.38. The van der Waals surface area contributed by atoms with Crippen LogP contribution in [0.3, 0.4) is 0 Å². The zero-order valence-electron chi connectivity index (χ0n) is 10.6. The molecule has 106 valence electrons. The second kappa shape index (κ2) is 4.93. The van der Waals surface area contributed by atoms with Crippen LogP contribution < -0.4 is 0 Å². The standard InChI is InChI=1S/C13H12ClFN2O2S/c1-6-2-10(6)17-11-3-7(14)8(15)4-9(11)16-13(17)20-5-12(18)19/h3-4,6,10H,2,5H2,1H3,(H,18,19). The van der Waals surface area contributed by atoms with Gasteiger partial charge >= 0.3 is 5.97 Å². The maximum atomic E-state index is 13.5. The molecule has 2 aromatic rings. The summed E-state index contributed by atoms with van der Waals surface area (Å²) in [5.41, 5.74) is 1.28. The maximum absolute atomic E-state index is 13.5. The highest BCUT2D eigenvalue weighted by Crippen LogP contribution is 2.47. The zero-order chi connectivity index (χ0) is 14.4. The molecule has 1 aromatic heterocycles. The highest BCUT2D eigenvalue weighted by molar-refractivity contribution is 7.99. The molecule has 0 amide bonds. The van der Waals surface area contributed by atoms with Crippen molar-refractivity contribution in [2.45, 2.75) is 24.5 Å². The Morgan fingerprint density at radius 3 is 2.95 bits per heavy atom. The number of carboxylic acid groups (broad SMARTS) is 1. The first-order chi connectivity index (χ1) is 9.47. The van der Waals surface area contributed by atoms with Crippen LogP contribution >= 0.6 is 23.4 Å². The Kier molecular flexibility index (Phi) is 3.38. The number of carboxylic acids is 1. The number of nitrogens with zero attached hydrogens (tertiary/aromatic N) is 2. The molecule has 3 rings (SSSR count). The second-order valence-corrected chi connectivity index (χ2v) is 6.33. The fourth-order valence-corrected chi connectivity index (χ4v) is 3.23. The van der Waals surface area contributed by atoms with Crippen LogP contribution in [0.15, 0.2) is 17.3 Å². The number of aromatic nitrogens is 2. The smallest absolute Gasteiger partial charge is 0.313 e. The number of imidazole rings is 1. The van der Waals surface area contributed by atoms with Gasteiger partial charge in [-0.05, 0) is 18.4 Å². The van der Waals surface area contributed by atoms with E-state index >= 15 is 0 Å². The molecule has 2 atom stereocenters. The monoisotopic (exact) mass is 314 g/mol. The van der Waals surface area contributed by atoms with Crippen LogP contribution in [0, 0.1) is 11.7 Å². The largest absolute Gasteiger partial charge is 0.481 e. The first-order valence-corrected chi connectivity index (χ1v) is 7.55. The third-order valence-electron chi connectivity index (χ3n) is 3.42. The Labute approximate surface area is 123 Å². The molecule has 1 aromatic carbocycles. The summed E-state index contributed by atoms with van der Waals surface area (Å²) in [7, 11) is 0. The Morgan fingerprint density at radius 2 is 2.35 bits per heavy atom. The molecule has 0 saturated heterocycles. The zero-order valence-corrected chi connectivity index (χ0v) is 12.2. The van der Waals surface area contributed by atoms with Gasteiger partial charge in [0.25, 0.3) is 0 Å². The molecule has 1 aliphatic rings. The van der Waals surface area contributed by atoms with Gasteiger partial charge in [-0.2, -0.15) is 0 Å². The van der Waals surface area contributed by atoms with Gasteiger partial charge in [-0.1, -0.05) is 30.3 Å². The Balaban J connectivity index is 2.10. The van der Waals surface area contributed by atoms with E-state index in [-0.39, 0.29) is 16.8 Å². The first kappa shape index (κ1) is 13.7. The lowest BCUT2D eigenvalue weighted by Gasteiger charge is -2.07. The number of hydrogen-bond donors (Lipinski definition) is 1. The lowest BCUT2D eigenvalue weighted by atomic mass is 10.3. The second-order valence-electron chi connectivity index (χ2n) is 4.98. The topological polar surface area (TPSA) is 55.1 Å². The molecule has 0 radical (unpaired) electrons. The molecule has 0 aliphatic heterocycles. The number of aliphatic carboxylic acids is 1. The Bertz CT molecular complexity index is 703. The van der Waals surface area contributed by atoms with Crippen LogP contribution in [-0.4, -0.2) is 26.4 Å². The van der Waals surface area contributed by atoms with Gasteiger partial charge in [-0.25, -0.2) is 9.37 Å². The van der Waals surface area contributed by atoms with Crippen molar-refractivity contribution in [1.82, 2.24) is 9.55 Å². The number of thioether (sulfide) groups is 1. The van der Waals surface area contributed by atoms with Gasteiger partial charge in [-0.15, -0.1) is 0 Å². The number of benzene rings is 1. The minimum atomic E-state index is -0.901. The van der Waals surface area contributed by atoms with Crippen LogP contribution in [0.5, 0.6) is 0 Å². The highest BCUT2D eigenvalue weighted by atomic mass is 35.5. The summed E-state index contributed by atoms with van der Waals surface area (Å²) in [6, 6.07) is 3.15. The summed E-state index contributed by atoms with van der Waals surface area (Å²) in [6.45, 7) is 2.12. The van der Waals surface area contributed by atoms with E-state index in [2.05, 4.69) is 11.9 Å². The van der Waals surface area contributed by atoms with Gasteiger partial charge in [0.1, 0.15) is 5.82 Å². The fourth-order valence-electron chi connectivity index (χ4n) is 2.28. The number of halogens is 2. The lowest BCUT2D eigenvalue weighted by Crippen LogP contribution is -2.02. The van der Waals surface area contributed by atoms with E-state index < -0.39 is 11.8 Å². The molecule has 1 N–H and O–H groups in total. The molecule has 0 bridgehead atoms. The van der Waals surface area contributed by atoms with Crippen LogP contribution in [0.2, 0.25) is 5.02 Å². The van der Waals surface area contributed by atoms with E-state index in [1.807, 2.05) is 4.57 Å². The Morgan fingerprint density at radius 1 is 1.65 bits per heavy atom. The van der Waals surface area contributed by atoms with Crippen molar-refractivity contribution in [2.75, 3.05) is 5.75 Å². The summed E-state index contributed by atoms with van der Waals surface area (Å²) in [5, 5.41) is 9.46. The number of fused-ring (bicyclic) bond motifs is 1. The molecular formula is C13H12ClFN2O2S. The molecule has 4 nitrogen and oxygen atoms in total. The predicted octanol–water partition coefficient (Wildman–Crippen LogP) is 3.59. The molecule has 20 heavy (non-hydrogen) atoms. The van der Waals surface area contributed by atoms with Crippen molar-refractivity contribution < 1.29 is 14.3 Å². The summed E-state index contributed by atoms with van der Waals surface area (Å²) in [6.07, 6.45) is 1.01. The van der Waals surface area contributed by atoms with E-state index in [1.54, 1.807) is 6.07 Å². The summed E-state index contributed by atoms with van der Waals surface area (Å²) in [5.74, 6) is -0.967. The molecule has 1 fully saturated rings. The highest BCUT2D eigenvalue weighted by Gasteiger charge is 2.37. The normalized spacial score (nSPS) is 21.4. The fraction of sp³-hybridized carbons (Fsp3) is 0.385. The first-order valence-electron chi connectivity index (χ1n) is 6.19. The minimum absolute atomic E-state index is 0.0572. The van der Waals surface area contributed by atoms with Gasteiger partial charge in [-0.3, -0.25) is 4.79 Å². The van der Waals surface area contributed by atoms with Crippen molar-refractivity contribution in [1.29, 1.82) is 0 Å². The van der Waals surface area contributed by atoms with Crippen LogP contribution in [-0.2, 0) is 4.79 Å². The predicted molar refractivity (Wildman–Crippen MR) is 75.9 cm³/mol. The average molecular weight is 315 g/mol. The molecular weight excluding hydrogens is 303 g/mol. The van der Waals surface area contributed by atoms with Crippen LogP contribution in [0.4, 0.5) is 4.39 Å². The molecule has 1 aliphatic carbocycles. The maximum Gasteiger partial charge on any atom is 0.313 e. The third-order valence-corrected chi connectivity index (χ3v) is 4.65. The van der Waals surface area contributed by atoms with Gasteiger partial charge in [0.2, 0.25) is 0 Å². The van der Waals surface area contributed by atoms with Gasteiger partial charge in [0.15, 0.2) is 5.16 Å². The SMILES string of the molecule is CC1CC1n1c(SCC(=O)O)nc2cc(F)c(Cl)cc21. The lowest BCUT2D eigenvalue weighted by molar-refractivity contribution is -0.133. The van der Waals surface area contributed by atoms with E-state index in [0.717, 1.165) is 23.7 Å². The number of hydrogen-bond acceptors (Lipinski definition) is 3. The molecule has 2 unspecified atom stereocenters. The number of carbonyl (C=O) groups is 1. The minimum Gasteiger partial charge on any atom is -0.481 e.